The van der Waals surface area contributed by atoms with E-state index in [-0.39, 0.29) is 24.5 Å². The number of carbonyl (C=O) groups excluding carboxylic acids is 2. The first kappa shape index (κ1) is 13.8. The van der Waals surface area contributed by atoms with Gasteiger partial charge in [-0.25, -0.2) is 4.79 Å². The molecule has 98 valence electrons. The number of ether oxygens (including phenoxy) is 1. The maximum absolute atomic E-state index is 11.8. The molecule has 0 saturated carbocycles. The first-order valence-corrected chi connectivity index (χ1v) is 5.77. The molecule has 1 unspecified atom stereocenters. The molecule has 0 aromatic rings. The van der Waals surface area contributed by atoms with Crippen LogP contribution < -0.4 is 11.1 Å². The molecule has 1 saturated heterocycles. The van der Waals surface area contributed by atoms with Crippen LogP contribution in [0.5, 0.6) is 0 Å². The fourth-order valence-electron chi connectivity index (χ4n) is 1.70. The van der Waals surface area contributed by atoms with Crippen molar-refractivity contribution in [2.45, 2.75) is 38.8 Å². The number of hydrogen-bond donors (Lipinski definition) is 2. The van der Waals surface area contributed by atoms with Gasteiger partial charge in [0, 0.05) is 32.1 Å². The van der Waals surface area contributed by atoms with E-state index in [0.29, 0.717) is 19.6 Å². The van der Waals surface area contributed by atoms with E-state index < -0.39 is 5.60 Å². The summed E-state index contributed by atoms with van der Waals surface area (Å²) in [5, 5.41) is 3.15. The summed E-state index contributed by atoms with van der Waals surface area (Å²) >= 11 is 0. The van der Waals surface area contributed by atoms with E-state index in [0.717, 1.165) is 0 Å². The number of piperazine rings is 1. The van der Waals surface area contributed by atoms with E-state index in [1.807, 2.05) is 20.8 Å². The standard InChI is InChI=1S/C11H21N3O3/c1-11(2,3)17-10(16)14-5-4-13-8(7-14)6-9(12)15/h8,13H,4-7H2,1-3H3,(H2,12,15). The van der Waals surface area contributed by atoms with Crippen LogP contribution in [0.4, 0.5) is 4.79 Å². The van der Waals surface area contributed by atoms with Gasteiger partial charge in [0.15, 0.2) is 0 Å². The summed E-state index contributed by atoms with van der Waals surface area (Å²) in [5.41, 5.74) is 4.63. The smallest absolute Gasteiger partial charge is 0.410 e. The molecule has 0 aromatic carbocycles. The van der Waals surface area contributed by atoms with Crippen molar-refractivity contribution in [1.82, 2.24) is 10.2 Å². The lowest BCUT2D eigenvalue weighted by atomic mass is 10.1. The van der Waals surface area contributed by atoms with Gasteiger partial charge in [0.1, 0.15) is 5.60 Å². The lowest BCUT2D eigenvalue weighted by Gasteiger charge is -2.34. The van der Waals surface area contributed by atoms with E-state index in [2.05, 4.69) is 5.32 Å². The number of amides is 2. The Morgan fingerprint density at radius 3 is 2.65 bits per heavy atom. The number of hydrogen-bond acceptors (Lipinski definition) is 4. The van der Waals surface area contributed by atoms with Crippen LogP contribution >= 0.6 is 0 Å². The number of carbonyl (C=O) groups is 2. The molecule has 2 amide bonds. The zero-order valence-corrected chi connectivity index (χ0v) is 10.7. The zero-order valence-electron chi connectivity index (χ0n) is 10.7. The predicted octanol–water partition coefficient (Wildman–Crippen LogP) is 0.0707. The molecular formula is C11H21N3O3. The van der Waals surface area contributed by atoms with Crippen LogP contribution in [-0.2, 0) is 9.53 Å². The normalized spacial score (nSPS) is 21.1. The molecule has 0 aromatic heterocycles. The molecule has 0 radical (unpaired) electrons. The van der Waals surface area contributed by atoms with Gasteiger partial charge in [-0.05, 0) is 20.8 Å². The van der Waals surface area contributed by atoms with Gasteiger partial charge in [0.25, 0.3) is 0 Å². The van der Waals surface area contributed by atoms with Crippen molar-refractivity contribution in [2.24, 2.45) is 5.73 Å². The van der Waals surface area contributed by atoms with Gasteiger partial charge in [-0.1, -0.05) is 0 Å². The van der Waals surface area contributed by atoms with Gasteiger partial charge in [0.05, 0.1) is 0 Å². The van der Waals surface area contributed by atoms with Gasteiger partial charge >= 0.3 is 6.09 Å². The summed E-state index contributed by atoms with van der Waals surface area (Å²) in [6.45, 7) is 7.18. The van der Waals surface area contributed by atoms with Crippen LogP contribution in [0.15, 0.2) is 0 Å². The average Bonchev–Trinajstić information content (AvgIpc) is 2.14. The predicted molar refractivity (Wildman–Crippen MR) is 63.4 cm³/mol. The van der Waals surface area contributed by atoms with Gasteiger partial charge in [0.2, 0.25) is 5.91 Å². The van der Waals surface area contributed by atoms with E-state index in [9.17, 15) is 9.59 Å². The minimum Gasteiger partial charge on any atom is -0.444 e. The van der Waals surface area contributed by atoms with Crippen LogP contribution in [0, 0.1) is 0 Å². The second-order valence-corrected chi connectivity index (χ2v) is 5.25. The first-order valence-electron chi connectivity index (χ1n) is 5.77. The molecule has 0 aliphatic carbocycles. The Labute approximate surface area is 101 Å². The summed E-state index contributed by atoms with van der Waals surface area (Å²) < 4.78 is 5.27. The fourth-order valence-corrected chi connectivity index (χ4v) is 1.70. The Hall–Kier alpha value is -1.30. The fraction of sp³-hybridized carbons (Fsp3) is 0.818. The van der Waals surface area contributed by atoms with Crippen molar-refractivity contribution in [3.05, 3.63) is 0 Å². The number of nitrogens with two attached hydrogens (primary N) is 1. The monoisotopic (exact) mass is 243 g/mol. The quantitative estimate of drug-likeness (QED) is 0.719. The molecule has 1 heterocycles. The highest BCUT2D eigenvalue weighted by molar-refractivity contribution is 5.74. The van der Waals surface area contributed by atoms with Crippen LogP contribution in [0.3, 0.4) is 0 Å². The maximum Gasteiger partial charge on any atom is 0.410 e. The van der Waals surface area contributed by atoms with Gasteiger partial charge < -0.3 is 20.7 Å². The van der Waals surface area contributed by atoms with Crippen molar-refractivity contribution >= 4 is 12.0 Å². The molecule has 1 atom stereocenters. The van der Waals surface area contributed by atoms with Crippen molar-refractivity contribution in [2.75, 3.05) is 19.6 Å². The summed E-state index contributed by atoms with van der Waals surface area (Å²) in [6, 6.07) is -0.0752. The number of nitrogens with one attached hydrogen (secondary N) is 1. The van der Waals surface area contributed by atoms with Gasteiger partial charge in [-0.15, -0.1) is 0 Å². The minimum absolute atomic E-state index is 0.0752. The average molecular weight is 243 g/mol. The molecule has 3 N–H and O–H groups in total. The van der Waals surface area contributed by atoms with Gasteiger partial charge in [-0.2, -0.15) is 0 Å². The third-order valence-corrected chi connectivity index (χ3v) is 2.35. The molecule has 1 fully saturated rings. The van der Waals surface area contributed by atoms with E-state index >= 15 is 0 Å². The highest BCUT2D eigenvalue weighted by Gasteiger charge is 2.27. The topological polar surface area (TPSA) is 84.7 Å². The second kappa shape index (κ2) is 5.35. The van der Waals surface area contributed by atoms with E-state index in [1.54, 1.807) is 4.90 Å². The van der Waals surface area contributed by atoms with Crippen molar-refractivity contribution < 1.29 is 14.3 Å². The van der Waals surface area contributed by atoms with Crippen LogP contribution in [0.1, 0.15) is 27.2 Å². The van der Waals surface area contributed by atoms with E-state index in [4.69, 9.17) is 10.5 Å². The Balaban J connectivity index is 2.49. The Morgan fingerprint density at radius 2 is 2.12 bits per heavy atom. The lowest BCUT2D eigenvalue weighted by molar-refractivity contribution is -0.118. The zero-order chi connectivity index (χ0) is 13.1. The molecule has 1 aliphatic rings. The van der Waals surface area contributed by atoms with Crippen LogP contribution in [0.25, 0.3) is 0 Å². The third kappa shape index (κ3) is 5.04. The van der Waals surface area contributed by atoms with Crippen molar-refractivity contribution in [3.8, 4) is 0 Å². The number of rotatable bonds is 2. The Kier molecular flexibility index (Phi) is 4.34. The lowest BCUT2D eigenvalue weighted by Crippen LogP contribution is -2.54. The number of primary amides is 1. The molecule has 17 heavy (non-hydrogen) atoms. The molecule has 0 spiro atoms. The summed E-state index contributed by atoms with van der Waals surface area (Å²) in [7, 11) is 0. The molecular weight excluding hydrogens is 222 g/mol. The van der Waals surface area contributed by atoms with Crippen LogP contribution in [-0.4, -0.2) is 48.2 Å². The maximum atomic E-state index is 11.8. The minimum atomic E-state index is -0.499. The molecule has 6 heteroatoms. The highest BCUT2D eigenvalue weighted by Crippen LogP contribution is 2.12. The second-order valence-electron chi connectivity index (χ2n) is 5.25. The summed E-state index contributed by atoms with van der Waals surface area (Å²) in [5.74, 6) is -0.367. The molecule has 1 rings (SSSR count). The summed E-state index contributed by atoms with van der Waals surface area (Å²) in [4.78, 5) is 24.2. The van der Waals surface area contributed by atoms with E-state index in [1.165, 1.54) is 0 Å². The van der Waals surface area contributed by atoms with Crippen molar-refractivity contribution in [3.63, 3.8) is 0 Å². The van der Waals surface area contributed by atoms with Crippen LogP contribution in [0.2, 0.25) is 0 Å². The van der Waals surface area contributed by atoms with Crippen molar-refractivity contribution in [1.29, 1.82) is 0 Å². The SMILES string of the molecule is CC(C)(C)OC(=O)N1CCNC(CC(N)=O)C1. The Bertz CT molecular complexity index is 299. The first-order chi connectivity index (χ1) is 7.78. The molecule has 6 nitrogen and oxygen atoms in total. The largest absolute Gasteiger partial charge is 0.444 e. The van der Waals surface area contributed by atoms with Gasteiger partial charge in [-0.3, -0.25) is 4.79 Å². The Morgan fingerprint density at radius 1 is 1.47 bits per heavy atom. The molecule has 0 bridgehead atoms. The third-order valence-electron chi connectivity index (χ3n) is 2.35. The molecule has 1 aliphatic heterocycles. The number of nitrogens with zero attached hydrogens (tertiary/aromatic N) is 1. The summed E-state index contributed by atoms with van der Waals surface area (Å²) in [6.07, 6.45) is -0.104. The highest BCUT2D eigenvalue weighted by atomic mass is 16.6.